The van der Waals surface area contributed by atoms with Crippen LogP contribution in [0.5, 0.6) is 23.0 Å². The smallest absolute Gasteiger partial charge is 0.338 e. The highest BCUT2D eigenvalue weighted by molar-refractivity contribution is 14.1. The van der Waals surface area contributed by atoms with E-state index < -0.39 is 12.0 Å². The number of benzene rings is 2. The van der Waals surface area contributed by atoms with Crippen molar-refractivity contribution in [1.82, 2.24) is 4.57 Å². The molecular weight excluding hydrogens is 623 g/mol. The molecule has 2 heterocycles. The monoisotopic (exact) mass is 650 g/mol. The van der Waals surface area contributed by atoms with Crippen LogP contribution in [0.4, 0.5) is 0 Å². The van der Waals surface area contributed by atoms with Gasteiger partial charge in [-0.15, -0.1) is 0 Å². The highest BCUT2D eigenvalue weighted by Gasteiger charge is 2.34. The van der Waals surface area contributed by atoms with Crippen LogP contribution in [-0.2, 0) is 9.53 Å². The molecule has 1 aromatic heterocycles. The summed E-state index contributed by atoms with van der Waals surface area (Å²) in [5.41, 5.74) is 1.91. The van der Waals surface area contributed by atoms with E-state index in [4.69, 9.17) is 23.7 Å². The van der Waals surface area contributed by atoms with E-state index in [9.17, 15) is 9.59 Å². The first-order valence-electron chi connectivity index (χ1n) is 11.6. The van der Waals surface area contributed by atoms with Crippen molar-refractivity contribution in [2.45, 2.75) is 19.9 Å². The van der Waals surface area contributed by atoms with Crippen LogP contribution in [0.3, 0.4) is 0 Å². The molecule has 0 saturated heterocycles. The zero-order valence-corrected chi connectivity index (χ0v) is 24.8. The molecule has 1 aliphatic heterocycles. The number of allylic oxidation sites excluding steroid dienone is 1. The van der Waals surface area contributed by atoms with Gasteiger partial charge in [-0.25, -0.2) is 9.79 Å². The van der Waals surface area contributed by atoms with E-state index in [1.165, 1.54) is 23.0 Å². The Morgan fingerprint density at radius 3 is 2.39 bits per heavy atom. The van der Waals surface area contributed by atoms with Crippen molar-refractivity contribution >= 4 is 46.0 Å². The van der Waals surface area contributed by atoms with Crippen LogP contribution in [0, 0.1) is 3.57 Å². The Bertz CT molecular complexity index is 1610. The lowest BCUT2D eigenvalue weighted by molar-refractivity contribution is -0.139. The number of hydrogen-bond acceptors (Lipinski definition) is 9. The number of methoxy groups -OCH3 is 4. The highest BCUT2D eigenvalue weighted by Crippen LogP contribution is 2.36. The van der Waals surface area contributed by atoms with Gasteiger partial charge < -0.3 is 23.7 Å². The third-order valence-electron chi connectivity index (χ3n) is 5.99. The summed E-state index contributed by atoms with van der Waals surface area (Å²) >= 11 is 3.41. The van der Waals surface area contributed by atoms with Crippen molar-refractivity contribution in [3.8, 4) is 23.0 Å². The van der Waals surface area contributed by atoms with Gasteiger partial charge in [0.15, 0.2) is 27.8 Å². The maximum Gasteiger partial charge on any atom is 0.338 e. The van der Waals surface area contributed by atoms with Gasteiger partial charge in [0.25, 0.3) is 5.56 Å². The van der Waals surface area contributed by atoms with Gasteiger partial charge in [0.2, 0.25) is 0 Å². The van der Waals surface area contributed by atoms with Gasteiger partial charge in [0.05, 0.1) is 60.5 Å². The zero-order chi connectivity index (χ0) is 27.6. The maximum absolute atomic E-state index is 13.9. The Morgan fingerprint density at radius 1 is 1.05 bits per heavy atom. The Kier molecular flexibility index (Phi) is 8.46. The molecule has 0 fully saturated rings. The fraction of sp³-hybridized carbons (Fsp3) is 0.296. The quantitative estimate of drug-likeness (QED) is 0.272. The number of hydrogen-bond donors (Lipinski definition) is 0. The van der Waals surface area contributed by atoms with Crippen molar-refractivity contribution in [2.75, 3.05) is 35.0 Å². The predicted octanol–water partition coefficient (Wildman–Crippen LogP) is 3.44. The lowest BCUT2D eigenvalue weighted by atomic mass is 9.95. The maximum atomic E-state index is 13.9. The summed E-state index contributed by atoms with van der Waals surface area (Å²) in [5, 5.41) is 0. The van der Waals surface area contributed by atoms with Gasteiger partial charge in [-0.3, -0.25) is 9.36 Å². The standard InChI is InChI=1S/C27H27IN2O7S/c1-7-37-26(32)22-14(2)29-27-30(23(22)16-8-9-18(33-3)19(13-16)34-4)25(31)21(38-27)12-15-10-17(28)24(36-6)20(11-15)35-5/h8-13,23H,7H2,1-6H3/t23-/m0/s1. The molecule has 38 heavy (non-hydrogen) atoms. The van der Waals surface area contributed by atoms with Gasteiger partial charge in [0, 0.05) is 0 Å². The molecule has 0 spiro atoms. The first-order chi connectivity index (χ1) is 18.3. The van der Waals surface area contributed by atoms with E-state index in [0.29, 0.717) is 49.2 Å². The second-order valence-corrected chi connectivity index (χ2v) is 10.3. The topological polar surface area (TPSA) is 97.6 Å². The lowest BCUT2D eigenvalue weighted by Crippen LogP contribution is -2.40. The van der Waals surface area contributed by atoms with E-state index >= 15 is 0 Å². The van der Waals surface area contributed by atoms with E-state index in [0.717, 1.165) is 9.13 Å². The Morgan fingerprint density at radius 2 is 1.76 bits per heavy atom. The second-order valence-electron chi connectivity index (χ2n) is 8.15. The molecule has 0 N–H and O–H groups in total. The van der Waals surface area contributed by atoms with Crippen LogP contribution in [0.1, 0.15) is 31.0 Å². The SMILES string of the molecule is CCOC(=O)C1=C(C)N=c2sc(=Cc3cc(I)c(OC)c(OC)c3)c(=O)n2[C@H]1c1ccc(OC)c(OC)c1. The van der Waals surface area contributed by atoms with Crippen LogP contribution in [-0.4, -0.2) is 45.6 Å². The van der Waals surface area contributed by atoms with E-state index in [-0.39, 0.29) is 12.2 Å². The minimum atomic E-state index is -0.766. The Balaban J connectivity index is 1.96. The number of carbonyl (C=O) groups excluding carboxylic acids is 1. The first-order valence-corrected chi connectivity index (χ1v) is 13.5. The van der Waals surface area contributed by atoms with Gasteiger partial charge in [-0.1, -0.05) is 17.4 Å². The zero-order valence-electron chi connectivity index (χ0n) is 21.8. The molecule has 11 heteroatoms. The number of ether oxygens (including phenoxy) is 5. The van der Waals surface area contributed by atoms with Crippen molar-refractivity contribution in [3.63, 3.8) is 0 Å². The van der Waals surface area contributed by atoms with Crippen LogP contribution in [0.15, 0.2) is 51.4 Å². The lowest BCUT2D eigenvalue weighted by Gasteiger charge is -2.25. The van der Waals surface area contributed by atoms with Gasteiger partial charge in [-0.05, 0) is 77.9 Å². The summed E-state index contributed by atoms with van der Waals surface area (Å²) in [7, 11) is 6.22. The molecule has 0 unspecified atom stereocenters. The third kappa shape index (κ3) is 5.04. The van der Waals surface area contributed by atoms with Crippen LogP contribution < -0.4 is 33.8 Å². The third-order valence-corrected chi connectivity index (χ3v) is 7.78. The second kappa shape index (κ2) is 11.6. The van der Waals surface area contributed by atoms with E-state index in [2.05, 4.69) is 27.6 Å². The van der Waals surface area contributed by atoms with Crippen molar-refractivity contribution in [1.29, 1.82) is 0 Å². The van der Waals surface area contributed by atoms with Crippen LogP contribution in [0.2, 0.25) is 0 Å². The van der Waals surface area contributed by atoms with Gasteiger partial charge in [-0.2, -0.15) is 0 Å². The number of halogens is 1. The summed E-state index contributed by atoms with van der Waals surface area (Å²) in [6.07, 6.45) is 1.78. The summed E-state index contributed by atoms with van der Waals surface area (Å²) in [5.74, 6) is 1.66. The van der Waals surface area contributed by atoms with Crippen molar-refractivity contribution in [3.05, 3.63) is 76.0 Å². The van der Waals surface area contributed by atoms with Gasteiger partial charge >= 0.3 is 5.97 Å². The summed E-state index contributed by atoms with van der Waals surface area (Å²) < 4.78 is 30.0. The van der Waals surface area contributed by atoms with Crippen LogP contribution in [0.25, 0.3) is 6.08 Å². The van der Waals surface area contributed by atoms with Gasteiger partial charge in [0.1, 0.15) is 0 Å². The van der Waals surface area contributed by atoms with Crippen molar-refractivity contribution in [2.24, 2.45) is 4.99 Å². The Hall–Kier alpha value is -3.32. The number of fused-ring (bicyclic) bond motifs is 1. The molecule has 3 aromatic rings. The average Bonchev–Trinajstić information content (AvgIpc) is 3.21. The largest absolute Gasteiger partial charge is 0.493 e. The number of rotatable bonds is 8. The molecule has 0 amide bonds. The average molecular weight is 650 g/mol. The fourth-order valence-corrected chi connectivity index (χ4v) is 6.19. The highest BCUT2D eigenvalue weighted by atomic mass is 127. The minimum absolute atomic E-state index is 0.191. The molecule has 0 aliphatic carbocycles. The molecule has 1 aliphatic rings. The van der Waals surface area contributed by atoms with E-state index in [1.807, 2.05) is 6.07 Å². The first kappa shape index (κ1) is 27.7. The molecular formula is C27H27IN2O7S. The Labute approximate surface area is 237 Å². The molecule has 9 nitrogen and oxygen atoms in total. The number of esters is 1. The summed E-state index contributed by atoms with van der Waals surface area (Å²) in [4.78, 5) is 32.1. The normalized spacial score (nSPS) is 15.0. The van der Waals surface area contributed by atoms with Crippen molar-refractivity contribution < 1.29 is 28.5 Å². The predicted molar refractivity (Wildman–Crippen MR) is 152 cm³/mol. The fourth-order valence-electron chi connectivity index (χ4n) is 4.30. The number of aromatic nitrogens is 1. The summed E-state index contributed by atoms with van der Waals surface area (Å²) in [6.45, 7) is 3.67. The molecule has 200 valence electrons. The molecule has 4 rings (SSSR count). The van der Waals surface area contributed by atoms with E-state index in [1.54, 1.807) is 65.5 Å². The molecule has 0 saturated carbocycles. The molecule has 2 aromatic carbocycles. The minimum Gasteiger partial charge on any atom is -0.493 e. The number of nitrogens with zero attached hydrogens (tertiary/aromatic N) is 2. The summed E-state index contributed by atoms with van der Waals surface area (Å²) in [6, 6.07) is 8.25. The van der Waals surface area contributed by atoms with Crippen LogP contribution >= 0.6 is 33.9 Å². The molecule has 0 bridgehead atoms. The number of carbonyl (C=O) groups is 1. The number of thiazole rings is 1. The molecule has 1 atom stereocenters. The molecule has 0 radical (unpaired) electrons.